The normalized spacial score (nSPS) is 10.7. The molecule has 0 saturated heterocycles. The lowest BCUT2D eigenvalue weighted by atomic mass is 9.96. The lowest BCUT2D eigenvalue weighted by molar-refractivity contribution is -0.138. The van der Waals surface area contributed by atoms with E-state index in [4.69, 9.17) is 14.6 Å². The van der Waals surface area contributed by atoms with Gasteiger partial charge in [-0.2, -0.15) is 0 Å². The molecule has 31 heavy (non-hydrogen) atoms. The van der Waals surface area contributed by atoms with Crippen LogP contribution < -0.4 is 9.47 Å². The van der Waals surface area contributed by atoms with Crippen molar-refractivity contribution in [2.45, 2.75) is 0 Å². The smallest absolute Gasteiger partial charge is 0.317 e. The first-order valence-electron chi connectivity index (χ1n) is 9.90. The second-order valence-corrected chi connectivity index (χ2v) is 7.09. The molecular formula is C25H25NO5. The maximum absolute atomic E-state index is 13.3. The van der Waals surface area contributed by atoms with Crippen LogP contribution in [0.5, 0.6) is 11.5 Å². The number of hydrogen-bond donors (Lipinski definition) is 1. The predicted molar refractivity (Wildman–Crippen MR) is 119 cm³/mol. The SMILES string of the molecule is COc1cc(OCCN(C)CC(=O)O)c(C(=O)c2ccccc2)cc1-c1ccccc1. The molecule has 3 rings (SSSR count). The lowest BCUT2D eigenvalue weighted by Crippen LogP contribution is -2.29. The Labute approximate surface area is 181 Å². The molecule has 0 aliphatic heterocycles. The molecule has 0 aliphatic carbocycles. The summed E-state index contributed by atoms with van der Waals surface area (Å²) in [6.07, 6.45) is 0. The number of benzene rings is 3. The van der Waals surface area contributed by atoms with Crippen molar-refractivity contribution in [3.63, 3.8) is 0 Å². The molecule has 0 saturated carbocycles. The van der Waals surface area contributed by atoms with E-state index in [9.17, 15) is 9.59 Å². The van der Waals surface area contributed by atoms with Gasteiger partial charge in [-0.3, -0.25) is 14.5 Å². The summed E-state index contributed by atoms with van der Waals surface area (Å²) in [6, 6.07) is 22.2. The van der Waals surface area contributed by atoms with E-state index in [0.717, 1.165) is 11.1 Å². The number of carboxylic acid groups (broad SMARTS) is 1. The number of likely N-dealkylation sites (N-methyl/N-ethyl adjacent to an activating group) is 1. The third kappa shape index (κ3) is 5.71. The van der Waals surface area contributed by atoms with E-state index >= 15 is 0 Å². The molecule has 1 N–H and O–H groups in total. The van der Waals surface area contributed by atoms with Crippen LogP contribution in [-0.4, -0.2) is 55.6 Å². The molecule has 0 atom stereocenters. The molecule has 0 aromatic heterocycles. The van der Waals surface area contributed by atoms with Crippen LogP contribution in [0.3, 0.4) is 0 Å². The average Bonchev–Trinajstić information content (AvgIpc) is 2.79. The predicted octanol–water partition coefficient (Wildman–Crippen LogP) is 3.99. The molecular weight excluding hydrogens is 394 g/mol. The minimum absolute atomic E-state index is 0.0879. The van der Waals surface area contributed by atoms with Crippen molar-refractivity contribution in [3.05, 3.63) is 83.9 Å². The molecule has 6 heteroatoms. The number of ether oxygens (including phenoxy) is 2. The highest BCUT2D eigenvalue weighted by atomic mass is 16.5. The van der Waals surface area contributed by atoms with Gasteiger partial charge < -0.3 is 14.6 Å². The summed E-state index contributed by atoms with van der Waals surface area (Å²) in [4.78, 5) is 25.8. The van der Waals surface area contributed by atoms with Gasteiger partial charge in [-0.15, -0.1) is 0 Å². The summed E-state index contributed by atoms with van der Waals surface area (Å²) in [6.45, 7) is 0.538. The first kappa shape index (κ1) is 22.1. The van der Waals surface area contributed by atoms with Crippen LogP contribution in [0.1, 0.15) is 15.9 Å². The number of ketones is 1. The van der Waals surface area contributed by atoms with Crippen molar-refractivity contribution < 1.29 is 24.2 Å². The van der Waals surface area contributed by atoms with E-state index in [1.807, 2.05) is 48.5 Å². The Morgan fingerprint density at radius 2 is 1.58 bits per heavy atom. The molecule has 0 radical (unpaired) electrons. The van der Waals surface area contributed by atoms with Gasteiger partial charge in [0.25, 0.3) is 0 Å². The zero-order valence-corrected chi connectivity index (χ0v) is 17.6. The summed E-state index contributed by atoms with van der Waals surface area (Å²) in [7, 11) is 3.28. The van der Waals surface area contributed by atoms with Crippen LogP contribution in [0.15, 0.2) is 72.8 Å². The van der Waals surface area contributed by atoms with E-state index in [0.29, 0.717) is 29.2 Å². The third-order valence-electron chi connectivity index (χ3n) is 4.80. The summed E-state index contributed by atoms with van der Waals surface area (Å²) in [5, 5.41) is 8.91. The molecule has 0 heterocycles. The number of nitrogens with zero attached hydrogens (tertiary/aromatic N) is 1. The maximum Gasteiger partial charge on any atom is 0.317 e. The summed E-state index contributed by atoms with van der Waals surface area (Å²) in [5.41, 5.74) is 2.69. The van der Waals surface area contributed by atoms with Crippen LogP contribution in [0.25, 0.3) is 11.1 Å². The van der Waals surface area contributed by atoms with Gasteiger partial charge in [0, 0.05) is 23.7 Å². The lowest BCUT2D eigenvalue weighted by Gasteiger charge is -2.18. The fraction of sp³-hybridized carbons (Fsp3) is 0.200. The number of carbonyl (C=O) groups is 2. The molecule has 3 aromatic rings. The summed E-state index contributed by atoms with van der Waals surface area (Å²) < 4.78 is 11.5. The van der Waals surface area contributed by atoms with Gasteiger partial charge in [0.1, 0.15) is 18.1 Å². The Morgan fingerprint density at radius 3 is 2.19 bits per heavy atom. The Morgan fingerprint density at radius 1 is 0.935 bits per heavy atom. The van der Waals surface area contributed by atoms with Gasteiger partial charge in [-0.05, 0) is 18.7 Å². The zero-order chi connectivity index (χ0) is 22.2. The van der Waals surface area contributed by atoms with Crippen molar-refractivity contribution in [2.24, 2.45) is 0 Å². The van der Waals surface area contributed by atoms with Crippen molar-refractivity contribution in [1.82, 2.24) is 4.90 Å². The number of aliphatic carboxylic acids is 1. The number of carboxylic acids is 1. The molecule has 0 unspecified atom stereocenters. The number of hydrogen-bond acceptors (Lipinski definition) is 5. The van der Waals surface area contributed by atoms with Gasteiger partial charge in [0.15, 0.2) is 5.78 Å². The summed E-state index contributed by atoms with van der Waals surface area (Å²) in [5.74, 6) is -0.0792. The quantitative estimate of drug-likeness (QED) is 0.501. The largest absolute Gasteiger partial charge is 0.496 e. The van der Waals surface area contributed by atoms with Crippen molar-refractivity contribution >= 4 is 11.8 Å². The van der Waals surface area contributed by atoms with E-state index < -0.39 is 5.97 Å². The number of rotatable bonds is 10. The fourth-order valence-corrected chi connectivity index (χ4v) is 3.24. The molecule has 0 fully saturated rings. The first-order valence-corrected chi connectivity index (χ1v) is 9.90. The van der Waals surface area contributed by atoms with Gasteiger partial charge in [-0.1, -0.05) is 60.7 Å². The Bertz CT molecular complexity index is 1030. The highest BCUT2D eigenvalue weighted by molar-refractivity contribution is 6.11. The van der Waals surface area contributed by atoms with Crippen LogP contribution in [0, 0.1) is 0 Å². The third-order valence-corrected chi connectivity index (χ3v) is 4.80. The fourth-order valence-electron chi connectivity index (χ4n) is 3.24. The molecule has 160 valence electrons. The van der Waals surface area contributed by atoms with Gasteiger partial charge in [-0.25, -0.2) is 0 Å². The second-order valence-electron chi connectivity index (χ2n) is 7.09. The van der Waals surface area contributed by atoms with E-state index in [2.05, 4.69) is 0 Å². The average molecular weight is 419 g/mol. The minimum Gasteiger partial charge on any atom is -0.496 e. The van der Waals surface area contributed by atoms with Crippen molar-refractivity contribution in [1.29, 1.82) is 0 Å². The highest BCUT2D eigenvalue weighted by Crippen LogP contribution is 2.37. The summed E-state index contributed by atoms with van der Waals surface area (Å²) >= 11 is 0. The number of carbonyl (C=O) groups excluding carboxylic acids is 1. The van der Waals surface area contributed by atoms with E-state index in [-0.39, 0.29) is 18.9 Å². The Kier molecular flexibility index (Phi) is 7.40. The van der Waals surface area contributed by atoms with E-state index in [1.165, 1.54) is 0 Å². The topological polar surface area (TPSA) is 76.1 Å². The molecule has 3 aromatic carbocycles. The number of methoxy groups -OCH3 is 1. The second kappa shape index (κ2) is 10.4. The monoisotopic (exact) mass is 419 g/mol. The van der Waals surface area contributed by atoms with Gasteiger partial charge in [0.2, 0.25) is 0 Å². The first-order chi connectivity index (χ1) is 15.0. The van der Waals surface area contributed by atoms with Crippen molar-refractivity contribution in [3.8, 4) is 22.6 Å². The van der Waals surface area contributed by atoms with Crippen LogP contribution in [-0.2, 0) is 4.79 Å². The van der Waals surface area contributed by atoms with Gasteiger partial charge in [0.05, 0.1) is 19.2 Å². The minimum atomic E-state index is -0.906. The van der Waals surface area contributed by atoms with Crippen LogP contribution in [0.4, 0.5) is 0 Å². The molecule has 0 amide bonds. The molecule has 0 aliphatic rings. The Balaban J connectivity index is 1.97. The van der Waals surface area contributed by atoms with Gasteiger partial charge >= 0.3 is 5.97 Å². The molecule has 6 nitrogen and oxygen atoms in total. The van der Waals surface area contributed by atoms with E-state index in [1.54, 1.807) is 43.3 Å². The molecule has 0 spiro atoms. The Hall–Kier alpha value is -3.64. The van der Waals surface area contributed by atoms with Crippen LogP contribution in [0.2, 0.25) is 0 Å². The standard InChI is InChI=1S/C25H25NO5/c1-26(17-24(27)28)13-14-31-23-16-22(30-2)20(18-9-5-3-6-10-18)15-21(23)25(29)19-11-7-4-8-12-19/h3-12,15-16H,13-14,17H2,1-2H3,(H,27,28). The van der Waals surface area contributed by atoms with Crippen LogP contribution >= 0.6 is 0 Å². The molecule has 0 bridgehead atoms. The highest BCUT2D eigenvalue weighted by Gasteiger charge is 2.20. The maximum atomic E-state index is 13.3. The van der Waals surface area contributed by atoms with Crippen molar-refractivity contribution in [2.75, 3.05) is 33.9 Å². The zero-order valence-electron chi connectivity index (χ0n) is 17.6.